The number of hydrogen-bond donors (Lipinski definition) is 1. The van der Waals surface area contributed by atoms with Gasteiger partial charge < -0.3 is 14.7 Å². The van der Waals surface area contributed by atoms with E-state index >= 15 is 0 Å². The van der Waals surface area contributed by atoms with Crippen LogP contribution in [0.25, 0.3) is 0 Å². The Bertz CT molecular complexity index is 385. The largest absolute Gasteiger partial charge is 0.444 e. The lowest BCUT2D eigenvalue weighted by Crippen LogP contribution is -2.48. The molecule has 2 aliphatic heterocycles. The van der Waals surface area contributed by atoms with Crippen molar-refractivity contribution in [2.45, 2.75) is 57.8 Å². The molecule has 0 aromatic carbocycles. The zero-order valence-electron chi connectivity index (χ0n) is 12.5. The molecular weight excluding hydrogens is 260 g/mol. The van der Waals surface area contributed by atoms with Gasteiger partial charge in [0, 0.05) is 19.5 Å². The molecule has 0 spiro atoms. The Hall–Kier alpha value is -1.30. The minimum Gasteiger partial charge on any atom is -0.444 e. The molecule has 2 saturated heterocycles. The second kappa shape index (κ2) is 5.60. The first-order valence-corrected chi connectivity index (χ1v) is 7.24. The summed E-state index contributed by atoms with van der Waals surface area (Å²) in [7, 11) is 0. The maximum Gasteiger partial charge on any atom is 0.411 e. The normalized spacial score (nSPS) is 27.0. The van der Waals surface area contributed by atoms with Gasteiger partial charge in [-0.2, -0.15) is 0 Å². The average Bonchev–Trinajstić information content (AvgIpc) is 2.94. The Morgan fingerprint density at radius 1 is 1.20 bits per heavy atom. The number of carbonyl (C=O) groups is 2. The molecule has 2 amide bonds. The predicted molar refractivity (Wildman–Crippen MR) is 73.2 cm³/mol. The third-order valence-electron chi connectivity index (χ3n) is 3.61. The predicted octanol–water partition coefficient (Wildman–Crippen LogP) is 0.979. The Morgan fingerprint density at radius 3 is 2.35 bits per heavy atom. The molecule has 2 rings (SSSR count). The van der Waals surface area contributed by atoms with Crippen molar-refractivity contribution in [3.05, 3.63) is 0 Å². The van der Waals surface area contributed by atoms with Gasteiger partial charge in [-0.1, -0.05) is 0 Å². The minimum absolute atomic E-state index is 0.0649. The van der Waals surface area contributed by atoms with E-state index in [-0.39, 0.29) is 12.5 Å². The molecule has 2 heterocycles. The van der Waals surface area contributed by atoms with Crippen molar-refractivity contribution >= 4 is 12.0 Å². The highest BCUT2D eigenvalue weighted by Gasteiger charge is 2.42. The molecule has 2 atom stereocenters. The Balaban J connectivity index is 2.06. The molecule has 6 heteroatoms. The monoisotopic (exact) mass is 284 g/mol. The zero-order valence-corrected chi connectivity index (χ0v) is 12.5. The van der Waals surface area contributed by atoms with Gasteiger partial charge in [0.05, 0.1) is 12.6 Å². The maximum absolute atomic E-state index is 12.4. The number of rotatable bonds is 1. The number of aliphatic hydroxyl groups is 1. The number of nitrogens with zero attached hydrogens (tertiary/aromatic N) is 2. The van der Waals surface area contributed by atoms with E-state index in [1.165, 1.54) is 4.90 Å². The number of carbonyl (C=O) groups excluding carboxylic acids is 2. The molecule has 0 radical (unpaired) electrons. The molecule has 6 nitrogen and oxygen atoms in total. The van der Waals surface area contributed by atoms with Crippen LogP contribution < -0.4 is 0 Å². The van der Waals surface area contributed by atoms with E-state index in [1.807, 2.05) is 0 Å². The molecule has 0 saturated carbocycles. The van der Waals surface area contributed by atoms with Crippen LogP contribution in [0.5, 0.6) is 0 Å². The van der Waals surface area contributed by atoms with E-state index < -0.39 is 23.8 Å². The van der Waals surface area contributed by atoms with Gasteiger partial charge in [0.25, 0.3) is 0 Å². The van der Waals surface area contributed by atoms with Crippen LogP contribution in [0.2, 0.25) is 0 Å². The van der Waals surface area contributed by atoms with Gasteiger partial charge in [-0.3, -0.25) is 9.69 Å². The first kappa shape index (κ1) is 15.1. The quantitative estimate of drug-likeness (QED) is 0.779. The molecule has 0 bridgehead atoms. The van der Waals surface area contributed by atoms with Gasteiger partial charge in [-0.25, -0.2) is 4.79 Å². The zero-order chi connectivity index (χ0) is 14.9. The molecule has 20 heavy (non-hydrogen) atoms. The molecule has 114 valence electrons. The fraction of sp³-hybridized carbons (Fsp3) is 0.857. The third kappa shape index (κ3) is 3.42. The lowest BCUT2D eigenvalue weighted by molar-refractivity contribution is -0.134. The Kier molecular flexibility index (Phi) is 4.22. The van der Waals surface area contributed by atoms with Crippen LogP contribution in [0.1, 0.15) is 40.0 Å². The topological polar surface area (TPSA) is 70.1 Å². The molecule has 0 aromatic rings. The Labute approximate surface area is 119 Å². The summed E-state index contributed by atoms with van der Waals surface area (Å²) < 4.78 is 5.32. The summed E-state index contributed by atoms with van der Waals surface area (Å²) in [6, 6.07) is -0.585. The summed E-state index contributed by atoms with van der Waals surface area (Å²) in [4.78, 5) is 27.7. The van der Waals surface area contributed by atoms with Gasteiger partial charge in [0.2, 0.25) is 5.91 Å². The number of likely N-dealkylation sites (tertiary alicyclic amines) is 2. The van der Waals surface area contributed by atoms with Gasteiger partial charge in [-0.05, 0) is 33.6 Å². The SMILES string of the molecule is CC(C)(C)OC(=O)N1C[C@H](O)C[C@H]1C(=O)N1CCCC1. The van der Waals surface area contributed by atoms with Crippen molar-refractivity contribution in [3.63, 3.8) is 0 Å². The van der Waals surface area contributed by atoms with Gasteiger partial charge in [-0.15, -0.1) is 0 Å². The van der Waals surface area contributed by atoms with Gasteiger partial charge in [0.1, 0.15) is 11.6 Å². The highest BCUT2D eigenvalue weighted by atomic mass is 16.6. The van der Waals surface area contributed by atoms with Gasteiger partial charge in [0.15, 0.2) is 0 Å². The molecule has 0 aromatic heterocycles. The van der Waals surface area contributed by atoms with Gasteiger partial charge >= 0.3 is 6.09 Å². The van der Waals surface area contributed by atoms with E-state index in [4.69, 9.17) is 4.74 Å². The first-order chi connectivity index (χ1) is 9.28. The van der Waals surface area contributed by atoms with E-state index in [0.29, 0.717) is 6.42 Å². The van der Waals surface area contributed by atoms with E-state index in [0.717, 1.165) is 25.9 Å². The third-order valence-corrected chi connectivity index (χ3v) is 3.61. The van der Waals surface area contributed by atoms with E-state index in [9.17, 15) is 14.7 Å². The van der Waals surface area contributed by atoms with Crippen LogP contribution in [0, 0.1) is 0 Å². The maximum atomic E-state index is 12.4. The summed E-state index contributed by atoms with van der Waals surface area (Å²) in [6.45, 7) is 7.01. The Morgan fingerprint density at radius 2 is 1.80 bits per heavy atom. The second-order valence-electron chi connectivity index (χ2n) is 6.57. The fourth-order valence-corrected chi connectivity index (χ4v) is 2.72. The summed E-state index contributed by atoms with van der Waals surface area (Å²) in [5.74, 6) is -0.0649. The van der Waals surface area contributed by atoms with Crippen molar-refractivity contribution in [3.8, 4) is 0 Å². The molecule has 2 fully saturated rings. The molecule has 1 N–H and O–H groups in total. The molecular formula is C14H24N2O4. The molecule has 0 aliphatic carbocycles. The van der Waals surface area contributed by atoms with Crippen molar-refractivity contribution in [2.24, 2.45) is 0 Å². The standard InChI is InChI=1S/C14H24N2O4/c1-14(2,3)20-13(19)16-9-10(17)8-11(16)12(18)15-6-4-5-7-15/h10-11,17H,4-9H2,1-3H3/t10-,11+/m1/s1. The number of β-amino-alcohol motifs (C(OH)–C–C–N with tert-alkyl or cyclic N) is 1. The summed E-state index contributed by atoms with van der Waals surface area (Å²) >= 11 is 0. The highest BCUT2D eigenvalue weighted by molar-refractivity contribution is 5.86. The minimum atomic E-state index is -0.654. The van der Waals surface area contributed by atoms with Crippen LogP contribution in [0.4, 0.5) is 4.79 Å². The number of aliphatic hydroxyl groups excluding tert-OH is 1. The number of ether oxygens (including phenoxy) is 1. The second-order valence-corrected chi connectivity index (χ2v) is 6.57. The lowest BCUT2D eigenvalue weighted by Gasteiger charge is -2.29. The van der Waals surface area contributed by atoms with Crippen LogP contribution in [0.3, 0.4) is 0 Å². The number of hydrogen-bond acceptors (Lipinski definition) is 4. The first-order valence-electron chi connectivity index (χ1n) is 7.24. The van der Waals surface area contributed by atoms with Crippen molar-refractivity contribution in [2.75, 3.05) is 19.6 Å². The van der Waals surface area contributed by atoms with E-state index in [2.05, 4.69) is 0 Å². The van der Waals surface area contributed by atoms with Crippen molar-refractivity contribution < 1.29 is 19.4 Å². The fourth-order valence-electron chi connectivity index (χ4n) is 2.72. The average molecular weight is 284 g/mol. The van der Waals surface area contributed by atoms with Crippen molar-refractivity contribution in [1.29, 1.82) is 0 Å². The highest BCUT2D eigenvalue weighted by Crippen LogP contribution is 2.24. The van der Waals surface area contributed by atoms with E-state index in [1.54, 1.807) is 25.7 Å². The van der Waals surface area contributed by atoms with Crippen LogP contribution in [0.15, 0.2) is 0 Å². The van der Waals surface area contributed by atoms with Crippen LogP contribution in [-0.4, -0.2) is 64.3 Å². The summed E-state index contributed by atoms with van der Waals surface area (Å²) in [6.07, 6.45) is 1.14. The van der Waals surface area contributed by atoms with Crippen molar-refractivity contribution in [1.82, 2.24) is 9.80 Å². The molecule has 0 unspecified atom stereocenters. The smallest absolute Gasteiger partial charge is 0.411 e. The summed E-state index contributed by atoms with van der Waals surface area (Å²) in [5, 5.41) is 9.79. The molecule has 2 aliphatic rings. The van der Waals surface area contributed by atoms with Crippen LogP contribution >= 0.6 is 0 Å². The van der Waals surface area contributed by atoms with Crippen LogP contribution in [-0.2, 0) is 9.53 Å². The summed E-state index contributed by atoms with van der Waals surface area (Å²) in [5.41, 5.74) is -0.605. The number of amides is 2. The lowest BCUT2D eigenvalue weighted by atomic mass is 10.1.